The van der Waals surface area contributed by atoms with Crippen LogP contribution in [0.15, 0.2) is 6.20 Å². The van der Waals surface area contributed by atoms with Crippen LogP contribution in [-0.2, 0) is 10.2 Å². The molecule has 4 rings (SSSR count). The van der Waals surface area contributed by atoms with Crippen LogP contribution in [0, 0.1) is 5.92 Å². The van der Waals surface area contributed by atoms with E-state index in [4.69, 9.17) is 27.2 Å². The van der Waals surface area contributed by atoms with Crippen molar-refractivity contribution in [3.05, 3.63) is 17.2 Å². The standard InChI is InChI=1S/C12H16ClN5.C5H10O2/c1-7(2)12(4-3-5-12)10-16-9(13)8-6-15-11(14)17-18(8)10;6-5-2-1-3-7-4-5/h6-7H,3-5H2,1-2H3,(H2,14,17);5-6H,1-4H2. The van der Waals surface area contributed by atoms with Gasteiger partial charge in [0.1, 0.15) is 11.3 Å². The number of anilines is 1. The van der Waals surface area contributed by atoms with E-state index in [-0.39, 0.29) is 17.5 Å². The number of hydrogen-bond acceptors (Lipinski definition) is 6. The first-order valence-electron chi connectivity index (χ1n) is 8.87. The van der Waals surface area contributed by atoms with E-state index in [0.29, 0.717) is 17.7 Å². The van der Waals surface area contributed by atoms with E-state index >= 15 is 0 Å². The molecule has 1 saturated heterocycles. The van der Waals surface area contributed by atoms with Gasteiger partial charge in [0.05, 0.1) is 18.9 Å². The molecule has 2 aromatic heterocycles. The average molecular weight is 368 g/mol. The summed E-state index contributed by atoms with van der Waals surface area (Å²) in [4.78, 5) is 8.49. The van der Waals surface area contributed by atoms with E-state index in [1.54, 1.807) is 10.7 Å². The third kappa shape index (κ3) is 3.59. The number of aliphatic hydroxyl groups excluding tert-OH is 1. The van der Waals surface area contributed by atoms with Crippen LogP contribution in [0.2, 0.25) is 5.15 Å². The van der Waals surface area contributed by atoms with Gasteiger partial charge in [-0.3, -0.25) is 0 Å². The molecule has 138 valence electrons. The SMILES string of the molecule is CC(C)C1(c2nc(Cl)c3cnc(N)nn23)CCC1.OC1CCCOC1. The van der Waals surface area contributed by atoms with E-state index in [0.717, 1.165) is 43.6 Å². The lowest BCUT2D eigenvalue weighted by molar-refractivity contribution is -0.00535. The first kappa shape index (κ1) is 18.4. The van der Waals surface area contributed by atoms with Crippen LogP contribution in [0.25, 0.3) is 5.52 Å². The highest BCUT2D eigenvalue weighted by Gasteiger charge is 2.45. The van der Waals surface area contributed by atoms with Gasteiger partial charge in [0, 0.05) is 12.0 Å². The van der Waals surface area contributed by atoms with Gasteiger partial charge in [0.2, 0.25) is 5.95 Å². The molecule has 7 nitrogen and oxygen atoms in total. The minimum atomic E-state index is -0.186. The molecule has 1 aliphatic carbocycles. The molecule has 3 N–H and O–H groups in total. The van der Waals surface area contributed by atoms with Gasteiger partial charge in [-0.15, -0.1) is 5.10 Å². The fourth-order valence-electron chi connectivity index (χ4n) is 3.53. The van der Waals surface area contributed by atoms with Crippen molar-refractivity contribution in [1.82, 2.24) is 19.6 Å². The Morgan fingerprint density at radius 1 is 1.40 bits per heavy atom. The zero-order chi connectivity index (χ0) is 18.0. The maximum absolute atomic E-state index is 8.78. The van der Waals surface area contributed by atoms with E-state index in [1.165, 1.54) is 6.42 Å². The Morgan fingerprint density at radius 3 is 2.64 bits per heavy atom. The van der Waals surface area contributed by atoms with Gasteiger partial charge in [-0.05, 0) is 31.6 Å². The number of ether oxygens (including phenoxy) is 1. The number of nitrogens with zero attached hydrogens (tertiary/aromatic N) is 4. The normalized spacial score (nSPS) is 22.4. The van der Waals surface area contributed by atoms with Gasteiger partial charge in [-0.25, -0.2) is 14.5 Å². The third-order valence-corrected chi connectivity index (χ3v) is 5.58. The van der Waals surface area contributed by atoms with Crippen molar-refractivity contribution >= 4 is 23.1 Å². The lowest BCUT2D eigenvalue weighted by Gasteiger charge is -2.44. The fraction of sp³-hybridized carbons (Fsp3) is 0.706. The minimum absolute atomic E-state index is 0.0802. The summed E-state index contributed by atoms with van der Waals surface area (Å²) in [6.45, 7) is 5.81. The molecule has 2 aliphatic rings. The molecule has 1 atom stereocenters. The van der Waals surface area contributed by atoms with Gasteiger partial charge in [-0.1, -0.05) is 31.9 Å². The molecule has 2 fully saturated rings. The number of aromatic nitrogens is 4. The molecular weight excluding hydrogens is 342 g/mol. The molecule has 8 heteroatoms. The highest BCUT2D eigenvalue weighted by atomic mass is 35.5. The molecule has 25 heavy (non-hydrogen) atoms. The van der Waals surface area contributed by atoms with E-state index in [2.05, 4.69) is 28.9 Å². The molecule has 1 aliphatic heterocycles. The van der Waals surface area contributed by atoms with Gasteiger partial charge in [0.15, 0.2) is 5.15 Å². The van der Waals surface area contributed by atoms with Crippen LogP contribution in [0.4, 0.5) is 5.95 Å². The van der Waals surface area contributed by atoms with Gasteiger partial charge < -0.3 is 15.6 Å². The van der Waals surface area contributed by atoms with Crippen LogP contribution < -0.4 is 5.73 Å². The summed E-state index contributed by atoms with van der Waals surface area (Å²) in [6, 6.07) is 0. The van der Waals surface area contributed by atoms with Crippen LogP contribution in [0.1, 0.15) is 51.8 Å². The van der Waals surface area contributed by atoms with Crippen LogP contribution in [0.5, 0.6) is 0 Å². The quantitative estimate of drug-likeness (QED) is 0.846. The predicted octanol–water partition coefficient (Wildman–Crippen LogP) is 2.60. The molecule has 0 aromatic carbocycles. The number of hydrogen-bond donors (Lipinski definition) is 2. The number of imidazole rings is 1. The van der Waals surface area contributed by atoms with Gasteiger partial charge in [-0.2, -0.15) is 0 Å². The van der Waals surface area contributed by atoms with Crippen molar-refractivity contribution in [1.29, 1.82) is 0 Å². The molecule has 0 spiro atoms. The average Bonchev–Trinajstić information content (AvgIpc) is 2.84. The van der Waals surface area contributed by atoms with Crippen molar-refractivity contribution < 1.29 is 9.84 Å². The van der Waals surface area contributed by atoms with Crippen molar-refractivity contribution in [3.63, 3.8) is 0 Å². The molecule has 3 heterocycles. The minimum Gasteiger partial charge on any atom is -0.391 e. The first-order valence-corrected chi connectivity index (χ1v) is 9.25. The summed E-state index contributed by atoms with van der Waals surface area (Å²) >= 11 is 6.17. The summed E-state index contributed by atoms with van der Waals surface area (Å²) in [6.07, 6.45) is 6.86. The summed E-state index contributed by atoms with van der Waals surface area (Å²) in [5.74, 6) is 1.68. The predicted molar refractivity (Wildman–Crippen MR) is 96.6 cm³/mol. The van der Waals surface area contributed by atoms with Crippen molar-refractivity contribution in [3.8, 4) is 0 Å². The Hall–Kier alpha value is -1.44. The number of aliphatic hydroxyl groups is 1. The number of nitrogens with two attached hydrogens (primary N) is 1. The maximum atomic E-state index is 8.78. The summed E-state index contributed by atoms with van der Waals surface area (Å²) < 4.78 is 6.70. The van der Waals surface area contributed by atoms with Crippen LogP contribution in [0.3, 0.4) is 0 Å². The Bertz CT molecular complexity index is 723. The number of rotatable bonds is 2. The molecule has 0 bridgehead atoms. The third-order valence-electron chi connectivity index (χ3n) is 5.30. The maximum Gasteiger partial charge on any atom is 0.238 e. The second-order valence-corrected chi connectivity index (χ2v) is 7.53. The Kier molecular flexibility index (Phi) is 5.46. The van der Waals surface area contributed by atoms with Crippen molar-refractivity contribution in [2.45, 2.75) is 57.5 Å². The largest absolute Gasteiger partial charge is 0.391 e. The second kappa shape index (κ2) is 7.43. The topological polar surface area (TPSA) is 98.6 Å². The molecule has 0 amide bonds. The summed E-state index contributed by atoms with van der Waals surface area (Å²) in [7, 11) is 0. The van der Waals surface area contributed by atoms with E-state index < -0.39 is 0 Å². The van der Waals surface area contributed by atoms with Crippen molar-refractivity contribution in [2.24, 2.45) is 5.92 Å². The zero-order valence-corrected chi connectivity index (χ0v) is 15.5. The smallest absolute Gasteiger partial charge is 0.238 e. The number of halogens is 1. The fourth-order valence-corrected chi connectivity index (χ4v) is 3.74. The molecule has 0 radical (unpaired) electrons. The van der Waals surface area contributed by atoms with Crippen LogP contribution in [-0.4, -0.2) is 44.0 Å². The van der Waals surface area contributed by atoms with E-state index in [9.17, 15) is 0 Å². The number of fused-ring (bicyclic) bond motifs is 1. The summed E-state index contributed by atoms with van der Waals surface area (Å²) in [5.41, 5.74) is 6.48. The zero-order valence-electron chi connectivity index (χ0n) is 14.8. The van der Waals surface area contributed by atoms with Crippen LogP contribution >= 0.6 is 11.6 Å². The first-order chi connectivity index (χ1) is 11.9. The highest BCUT2D eigenvalue weighted by Crippen LogP contribution is 2.49. The Balaban J connectivity index is 0.000000219. The second-order valence-electron chi connectivity index (χ2n) is 7.18. The molecule has 1 saturated carbocycles. The highest BCUT2D eigenvalue weighted by molar-refractivity contribution is 6.32. The molecule has 2 aromatic rings. The monoisotopic (exact) mass is 367 g/mol. The lowest BCUT2D eigenvalue weighted by Crippen LogP contribution is -2.41. The Morgan fingerprint density at radius 2 is 2.16 bits per heavy atom. The van der Waals surface area contributed by atoms with Gasteiger partial charge >= 0.3 is 0 Å². The van der Waals surface area contributed by atoms with Crippen molar-refractivity contribution in [2.75, 3.05) is 18.9 Å². The molecule has 1 unspecified atom stereocenters. The van der Waals surface area contributed by atoms with Gasteiger partial charge in [0.25, 0.3) is 0 Å². The van der Waals surface area contributed by atoms with E-state index in [1.807, 2.05) is 0 Å². The lowest BCUT2D eigenvalue weighted by atomic mass is 9.61. The summed E-state index contributed by atoms with van der Waals surface area (Å²) in [5, 5.41) is 13.5. The number of nitrogen functional groups attached to an aromatic ring is 1. The molecular formula is C17H26ClN5O2. The Labute approximate surface area is 152 Å².